The third-order valence-corrected chi connectivity index (χ3v) is 2.57. The Morgan fingerprint density at radius 2 is 1.42 bits per heavy atom. The normalized spacial score (nSPS) is 10.3. The lowest BCUT2D eigenvalue weighted by molar-refractivity contribution is -0.135. The molecule has 0 bridgehead atoms. The maximum Gasteiger partial charge on any atom is 0.389 e. The van der Waals surface area contributed by atoms with E-state index in [4.69, 9.17) is 10.8 Å². The predicted octanol–water partition coefficient (Wildman–Crippen LogP) is 3.19. The molecule has 0 aromatic carbocycles. The first-order valence-electron chi connectivity index (χ1n) is 6.10. The highest BCUT2D eigenvalue weighted by Gasteiger charge is 2.26. The van der Waals surface area contributed by atoms with Crippen molar-refractivity contribution in [3.63, 3.8) is 0 Å². The highest BCUT2D eigenvalue weighted by molar-refractivity contribution is 5.76. The van der Waals surface area contributed by atoms with Crippen molar-refractivity contribution in [1.29, 1.82) is 10.8 Å². The molecular formula is C12H25F3N4. The van der Waals surface area contributed by atoms with E-state index in [9.17, 15) is 13.2 Å². The molecule has 0 spiro atoms. The number of halogens is 3. The molecule has 0 aromatic rings. The standard InChI is InChI=1S/C7H13F3N2.C5H12N2/c1-6(11)12(2)5-3-4-7(8,9)10;1-4-7(3)5(2)6/h11H,3-5H2,1-2H3;6H,4H2,1-3H3. The summed E-state index contributed by atoms with van der Waals surface area (Å²) in [5, 5.41) is 14.1. The molecule has 0 aliphatic heterocycles. The van der Waals surface area contributed by atoms with E-state index in [0.717, 1.165) is 6.54 Å². The Hall–Kier alpha value is -1.27. The predicted molar refractivity (Wildman–Crippen MR) is 73.0 cm³/mol. The quantitative estimate of drug-likeness (QED) is 0.614. The Kier molecular flexibility index (Phi) is 10.2. The number of nitrogens with one attached hydrogen (secondary N) is 2. The third-order valence-electron chi connectivity index (χ3n) is 2.57. The maximum absolute atomic E-state index is 11.6. The summed E-state index contributed by atoms with van der Waals surface area (Å²) in [5.41, 5.74) is 0. The minimum absolute atomic E-state index is 0.0518. The average Bonchev–Trinajstić information content (AvgIpc) is 2.26. The zero-order valence-corrected chi connectivity index (χ0v) is 12.4. The fourth-order valence-electron chi connectivity index (χ4n) is 0.922. The van der Waals surface area contributed by atoms with Gasteiger partial charge in [-0.05, 0) is 27.2 Å². The summed E-state index contributed by atoms with van der Waals surface area (Å²) in [6.07, 6.45) is -4.79. The van der Waals surface area contributed by atoms with Crippen molar-refractivity contribution in [2.24, 2.45) is 0 Å². The Labute approximate surface area is 113 Å². The number of alkyl halides is 3. The number of rotatable bonds is 4. The van der Waals surface area contributed by atoms with Gasteiger partial charge < -0.3 is 9.80 Å². The summed E-state index contributed by atoms with van der Waals surface area (Å²) in [4.78, 5) is 3.37. The minimum Gasteiger partial charge on any atom is -0.364 e. The molecule has 114 valence electrons. The van der Waals surface area contributed by atoms with Gasteiger partial charge in [-0.25, -0.2) is 0 Å². The zero-order valence-electron chi connectivity index (χ0n) is 12.4. The molecule has 0 saturated heterocycles. The van der Waals surface area contributed by atoms with E-state index in [1.54, 1.807) is 20.9 Å². The van der Waals surface area contributed by atoms with Crippen LogP contribution < -0.4 is 0 Å². The van der Waals surface area contributed by atoms with Crippen LogP contribution in [0.2, 0.25) is 0 Å². The molecule has 7 heteroatoms. The summed E-state index contributed by atoms with van der Waals surface area (Å²) in [7, 11) is 3.51. The van der Waals surface area contributed by atoms with E-state index in [1.807, 2.05) is 18.9 Å². The fourth-order valence-corrected chi connectivity index (χ4v) is 0.922. The van der Waals surface area contributed by atoms with Crippen molar-refractivity contribution < 1.29 is 13.2 Å². The van der Waals surface area contributed by atoms with Crippen LogP contribution in [0.25, 0.3) is 0 Å². The van der Waals surface area contributed by atoms with E-state index in [0.29, 0.717) is 5.84 Å². The van der Waals surface area contributed by atoms with Crippen LogP contribution >= 0.6 is 0 Å². The smallest absolute Gasteiger partial charge is 0.364 e. The lowest BCUT2D eigenvalue weighted by atomic mass is 10.3. The molecule has 19 heavy (non-hydrogen) atoms. The Bertz CT molecular complexity index is 277. The van der Waals surface area contributed by atoms with E-state index < -0.39 is 12.6 Å². The molecular weight excluding hydrogens is 257 g/mol. The molecule has 0 saturated carbocycles. The Balaban J connectivity index is 0. The van der Waals surface area contributed by atoms with Gasteiger partial charge in [0.15, 0.2) is 0 Å². The molecule has 0 aromatic heterocycles. The van der Waals surface area contributed by atoms with Crippen LogP contribution in [-0.4, -0.2) is 54.8 Å². The van der Waals surface area contributed by atoms with Crippen molar-refractivity contribution in [1.82, 2.24) is 9.80 Å². The van der Waals surface area contributed by atoms with Crippen LogP contribution in [-0.2, 0) is 0 Å². The van der Waals surface area contributed by atoms with Crippen molar-refractivity contribution in [3.05, 3.63) is 0 Å². The lowest BCUT2D eigenvalue weighted by Gasteiger charge is -2.17. The van der Waals surface area contributed by atoms with Gasteiger partial charge >= 0.3 is 6.18 Å². The molecule has 0 heterocycles. The molecule has 0 unspecified atom stereocenters. The lowest BCUT2D eigenvalue weighted by Crippen LogP contribution is -2.25. The van der Waals surface area contributed by atoms with Gasteiger partial charge in [0.2, 0.25) is 0 Å². The summed E-state index contributed by atoms with van der Waals surface area (Å²) >= 11 is 0. The molecule has 0 radical (unpaired) electrons. The number of amidine groups is 2. The van der Waals surface area contributed by atoms with E-state index in [-0.39, 0.29) is 18.8 Å². The van der Waals surface area contributed by atoms with Crippen molar-refractivity contribution in [2.45, 2.75) is 39.8 Å². The molecule has 0 aliphatic rings. The maximum atomic E-state index is 11.6. The molecule has 2 N–H and O–H groups in total. The van der Waals surface area contributed by atoms with Crippen LogP contribution in [0, 0.1) is 10.8 Å². The van der Waals surface area contributed by atoms with Crippen LogP contribution in [0.3, 0.4) is 0 Å². The first-order chi connectivity index (χ1) is 8.51. The van der Waals surface area contributed by atoms with Gasteiger partial charge in [-0.1, -0.05) is 0 Å². The molecule has 0 aliphatic carbocycles. The average molecular weight is 282 g/mol. The van der Waals surface area contributed by atoms with Crippen LogP contribution in [0.4, 0.5) is 13.2 Å². The molecule has 0 amide bonds. The fraction of sp³-hybridized carbons (Fsp3) is 0.833. The van der Waals surface area contributed by atoms with Crippen LogP contribution in [0.5, 0.6) is 0 Å². The van der Waals surface area contributed by atoms with Crippen molar-refractivity contribution in [2.75, 3.05) is 27.2 Å². The summed E-state index contributed by atoms with van der Waals surface area (Å²) in [5.74, 6) is 0.916. The highest BCUT2D eigenvalue weighted by atomic mass is 19.4. The summed E-state index contributed by atoms with van der Waals surface area (Å²) in [6, 6.07) is 0. The Morgan fingerprint density at radius 3 is 1.63 bits per heavy atom. The number of hydrogen-bond acceptors (Lipinski definition) is 2. The SMILES string of the molecule is CC(=N)N(C)CCCC(F)(F)F.CCN(C)C(C)=N. The van der Waals surface area contributed by atoms with Crippen molar-refractivity contribution in [3.8, 4) is 0 Å². The van der Waals surface area contributed by atoms with Gasteiger partial charge in [-0.3, -0.25) is 10.8 Å². The minimum atomic E-state index is -4.07. The number of nitrogens with zero attached hydrogens (tertiary/aromatic N) is 2. The number of hydrogen-bond donors (Lipinski definition) is 2. The molecule has 0 fully saturated rings. The van der Waals surface area contributed by atoms with Gasteiger partial charge in [-0.2, -0.15) is 13.2 Å². The van der Waals surface area contributed by atoms with Gasteiger partial charge in [-0.15, -0.1) is 0 Å². The molecule has 0 rings (SSSR count). The third kappa shape index (κ3) is 14.7. The zero-order chi connectivity index (χ0) is 15.6. The second-order valence-corrected chi connectivity index (χ2v) is 4.33. The summed E-state index contributed by atoms with van der Waals surface area (Å²) < 4.78 is 34.9. The molecule has 0 atom stereocenters. The molecule has 4 nitrogen and oxygen atoms in total. The highest BCUT2D eigenvalue weighted by Crippen LogP contribution is 2.21. The second kappa shape index (κ2) is 9.63. The van der Waals surface area contributed by atoms with Crippen LogP contribution in [0.15, 0.2) is 0 Å². The second-order valence-electron chi connectivity index (χ2n) is 4.33. The van der Waals surface area contributed by atoms with E-state index >= 15 is 0 Å². The monoisotopic (exact) mass is 282 g/mol. The topological polar surface area (TPSA) is 54.2 Å². The van der Waals surface area contributed by atoms with Crippen LogP contribution in [0.1, 0.15) is 33.6 Å². The van der Waals surface area contributed by atoms with Gasteiger partial charge in [0.05, 0.1) is 11.7 Å². The van der Waals surface area contributed by atoms with Gasteiger partial charge in [0.25, 0.3) is 0 Å². The first kappa shape index (κ1) is 20.1. The summed E-state index contributed by atoms with van der Waals surface area (Å²) in [6.45, 7) is 6.57. The largest absolute Gasteiger partial charge is 0.389 e. The van der Waals surface area contributed by atoms with Crippen molar-refractivity contribution >= 4 is 11.7 Å². The van der Waals surface area contributed by atoms with E-state index in [1.165, 1.54) is 4.90 Å². The van der Waals surface area contributed by atoms with Gasteiger partial charge in [0.1, 0.15) is 0 Å². The van der Waals surface area contributed by atoms with Gasteiger partial charge in [0, 0.05) is 33.6 Å². The Morgan fingerprint density at radius 1 is 1.00 bits per heavy atom. The first-order valence-corrected chi connectivity index (χ1v) is 6.10. The van der Waals surface area contributed by atoms with E-state index in [2.05, 4.69) is 0 Å².